The van der Waals surface area contributed by atoms with Crippen molar-refractivity contribution in [3.05, 3.63) is 24.2 Å². The molecule has 3 N–H and O–H groups in total. The monoisotopic (exact) mass is 240 g/mol. The Kier molecular flexibility index (Phi) is 4.71. The second-order valence-electron chi connectivity index (χ2n) is 3.95. The molecule has 17 heavy (non-hydrogen) atoms. The number of hydrogen-bond acceptors (Lipinski definition) is 4. The van der Waals surface area contributed by atoms with E-state index in [2.05, 4.69) is 0 Å². The van der Waals surface area contributed by atoms with Crippen LogP contribution in [0.5, 0.6) is 0 Å². The maximum Gasteiger partial charge on any atom is 0.307 e. The first-order valence-corrected chi connectivity index (χ1v) is 5.25. The Labute approximate surface area is 99.0 Å². The van der Waals surface area contributed by atoms with E-state index in [0.29, 0.717) is 12.3 Å². The molecule has 0 bridgehead atoms. The highest BCUT2D eigenvalue weighted by atomic mass is 16.4. The molecule has 1 rings (SSSR count). The van der Waals surface area contributed by atoms with Crippen LogP contribution in [0, 0.1) is 5.92 Å². The van der Waals surface area contributed by atoms with Crippen molar-refractivity contribution in [3.8, 4) is 0 Å². The molecule has 0 spiro atoms. The van der Waals surface area contributed by atoms with Crippen LogP contribution in [0.4, 0.5) is 0 Å². The lowest BCUT2D eigenvalue weighted by atomic mass is 10.1. The Hall–Kier alpha value is -1.82. The van der Waals surface area contributed by atoms with E-state index in [-0.39, 0.29) is 13.1 Å². The lowest BCUT2D eigenvalue weighted by molar-refractivity contribution is -0.142. The van der Waals surface area contributed by atoms with Crippen molar-refractivity contribution in [2.45, 2.75) is 13.5 Å². The van der Waals surface area contributed by atoms with E-state index in [1.54, 1.807) is 24.0 Å². The van der Waals surface area contributed by atoms with E-state index in [4.69, 9.17) is 15.3 Å². The van der Waals surface area contributed by atoms with Crippen LogP contribution in [0.1, 0.15) is 12.7 Å². The second-order valence-corrected chi connectivity index (χ2v) is 3.95. The molecule has 0 aliphatic heterocycles. The van der Waals surface area contributed by atoms with Gasteiger partial charge in [-0.3, -0.25) is 14.5 Å². The smallest absolute Gasteiger partial charge is 0.307 e. The number of carboxylic acid groups (broad SMARTS) is 1. The lowest BCUT2D eigenvalue weighted by Crippen LogP contribution is -2.37. The standard InChI is InChI=1S/C11H16N2O4/c1-8(11(15)16)5-13(7-10(12)14)6-9-3-2-4-17-9/h2-4,8H,5-7H2,1H3,(H2,12,14)(H,15,16). The quantitative estimate of drug-likeness (QED) is 0.713. The Morgan fingerprint density at radius 3 is 2.76 bits per heavy atom. The summed E-state index contributed by atoms with van der Waals surface area (Å²) in [7, 11) is 0. The minimum Gasteiger partial charge on any atom is -0.481 e. The fourth-order valence-corrected chi connectivity index (χ4v) is 1.49. The fourth-order valence-electron chi connectivity index (χ4n) is 1.49. The summed E-state index contributed by atoms with van der Waals surface area (Å²) in [5.41, 5.74) is 5.12. The predicted molar refractivity (Wildman–Crippen MR) is 60.0 cm³/mol. The zero-order chi connectivity index (χ0) is 12.8. The van der Waals surface area contributed by atoms with Crippen LogP contribution in [0.3, 0.4) is 0 Å². The zero-order valence-electron chi connectivity index (χ0n) is 9.63. The summed E-state index contributed by atoms with van der Waals surface area (Å²) >= 11 is 0. The first kappa shape index (κ1) is 13.2. The minimum absolute atomic E-state index is 0.0122. The van der Waals surface area contributed by atoms with Crippen LogP contribution in [0.25, 0.3) is 0 Å². The molecule has 1 heterocycles. The van der Waals surface area contributed by atoms with Gasteiger partial charge in [-0.05, 0) is 12.1 Å². The van der Waals surface area contributed by atoms with Crippen LogP contribution in [-0.2, 0) is 16.1 Å². The van der Waals surface area contributed by atoms with Gasteiger partial charge < -0.3 is 15.3 Å². The zero-order valence-corrected chi connectivity index (χ0v) is 9.63. The summed E-state index contributed by atoms with van der Waals surface area (Å²) in [5.74, 6) is -1.29. The number of hydrogen-bond donors (Lipinski definition) is 2. The number of rotatable bonds is 7. The highest BCUT2D eigenvalue weighted by Gasteiger charge is 2.18. The van der Waals surface area contributed by atoms with Gasteiger partial charge in [0.15, 0.2) is 0 Å². The maximum absolute atomic E-state index is 10.9. The van der Waals surface area contributed by atoms with Crippen LogP contribution in [-0.4, -0.2) is 35.0 Å². The number of carbonyl (C=O) groups is 2. The van der Waals surface area contributed by atoms with E-state index in [1.807, 2.05) is 0 Å². The molecule has 1 aromatic rings. The molecule has 0 fully saturated rings. The van der Waals surface area contributed by atoms with Crippen LogP contribution in [0.15, 0.2) is 22.8 Å². The normalized spacial score (nSPS) is 12.6. The van der Waals surface area contributed by atoms with Gasteiger partial charge in [0.05, 0.1) is 25.3 Å². The SMILES string of the molecule is CC(CN(CC(N)=O)Cc1ccco1)C(=O)O. The van der Waals surface area contributed by atoms with Crippen molar-refractivity contribution in [3.63, 3.8) is 0 Å². The Morgan fingerprint density at radius 2 is 2.29 bits per heavy atom. The van der Waals surface area contributed by atoms with Gasteiger partial charge in [0, 0.05) is 6.54 Å². The molecule has 0 aromatic carbocycles. The first-order valence-electron chi connectivity index (χ1n) is 5.25. The molecule has 1 amide bonds. The van der Waals surface area contributed by atoms with E-state index in [0.717, 1.165) is 0 Å². The van der Waals surface area contributed by atoms with Crippen molar-refractivity contribution in [2.24, 2.45) is 11.7 Å². The Bertz CT molecular complexity index is 375. The highest BCUT2D eigenvalue weighted by Crippen LogP contribution is 2.08. The second kappa shape index (κ2) is 6.05. The molecule has 0 aliphatic carbocycles. The number of furan rings is 1. The number of carbonyl (C=O) groups excluding carboxylic acids is 1. The molecule has 6 nitrogen and oxygen atoms in total. The molecule has 0 saturated carbocycles. The molecule has 1 atom stereocenters. The Morgan fingerprint density at radius 1 is 1.59 bits per heavy atom. The number of nitrogens with zero attached hydrogens (tertiary/aromatic N) is 1. The molecule has 0 saturated heterocycles. The number of amides is 1. The highest BCUT2D eigenvalue weighted by molar-refractivity contribution is 5.76. The molecule has 94 valence electrons. The summed E-state index contributed by atoms with van der Waals surface area (Å²) in [5, 5.41) is 8.82. The number of primary amides is 1. The number of carboxylic acids is 1. The van der Waals surface area contributed by atoms with Crippen molar-refractivity contribution >= 4 is 11.9 Å². The predicted octanol–water partition coefficient (Wildman–Crippen LogP) is 0.288. The third kappa shape index (κ3) is 4.69. The van der Waals surface area contributed by atoms with E-state index >= 15 is 0 Å². The topological polar surface area (TPSA) is 96.8 Å². The van der Waals surface area contributed by atoms with Crippen molar-refractivity contribution in [1.29, 1.82) is 0 Å². The third-order valence-electron chi connectivity index (χ3n) is 2.29. The molecule has 0 aliphatic rings. The van der Waals surface area contributed by atoms with Gasteiger partial charge in [-0.1, -0.05) is 6.92 Å². The van der Waals surface area contributed by atoms with Gasteiger partial charge in [-0.25, -0.2) is 0 Å². The van der Waals surface area contributed by atoms with E-state index in [9.17, 15) is 9.59 Å². The fraction of sp³-hybridized carbons (Fsp3) is 0.455. The van der Waals surface area contributed by atoms with Gasteiger partial charge >= 0.3 is 5.97 Å². The molecule has 6 heteroatoms. The largest absolute Gasteiger partial charge is 0.481 e. The molecule has 0 radical (unpaired) electrons. The summed E-state index contributed by atoms with van der Waals surface area (Å²) in [6, 6.07) is 3.50. The lowest BCUT2D eigenvalue weighted by Gasteiger charge is -2.21. The summed E-state index contributed by atoms with van der Waals surface area (Å²) < 4.78 is 5.15. The van der Waals surface area contributed by atoms with Crippen LogP contribution >= 0.6 is 0 Å². The third-order valence-corrected chi connectivity index (χ3v) is 2.29. The van der Waals surface area contributed by atoms with Gasteiger partial charge in [0.25, 0.3) is 0 Å². The van der Waals surface area contributed by atoms with Crippen LogP contribution in [0.2, 0.25) is 0 Å². The van der Waals surface area contributed by atoms with Gasteiger partial charge in [-0.15, -0.1) is 0 Å². The average Bonchev–Trinajstić information content (AvgIpc) is 2.68. The maximum atomic E-state index is 10.9. The molecule has 1 unspecified atom stereocenters. The summed E-state index contributed by atoms with van der Waals surface area (Å²) in [6.07, 6.45) is 1.53. The van der Waals surface area contributed by atoms with E-state index in [1.165, 1.54) is 6.26 Å². The van der Waals surface area contributed by atoms with Gasteiger partial charge in [-0.2, -0.15) is 0 Å². The Balaban J connectivity index is 2.60. The van der Waals surface area contributed by atoms with Crippen molar-refractivity contribution in [1.82, 2.24) is 4.90 Å². The van der Waals surface area contributed by atoms with Gasteiger partial charge in [0.1, 0.15) is 5.76 Å². The molecular formula is C11H16N2O4. The first-order chi connectivity index (χ1) is 7.99. The van der Waals surface area contributed by atoms with Crippen LogP contribution < -0.4 is 5.73 Å². The number of aliphatic carboxylic acids is 1. The van der Waals surface area contributed by atoms with E-state index < -0.39 is 17.8 Å². The molecular weight excluding hydrogens is 224 g/mol. The summed E-state index contributed by atoms with van der Waals surface area (Å²) in [6.45, 7) is 2.21. The van der Waals surface area contributed by atoms with Crippen molar-refractivity contribution in [2.75, 3.05) is 13.1 Å². The average molecular weight is 240 g/mol. The summed E-state index contributed by atoms with van der Waals surface area (Å²) in [4.78, 5) is 23.3. The van der Waals surface area contributed by atoms with Gasteiger partial charge in [0.2, 0.25) is 5.91 Å². The number of nitrogens with two attached hydrogens (primary N) is 1. The minimum atomic E-state index is -0.904. The molecule has 1 aromatic heterocycles. The van der Waals surface area contributed by atoms with Crippen molar-refractivity contribution < 1.29 is 19.1 Å².